The van der Waals surface area contributed by atoms with Crippen molar-refractivity contribution in [2.45, 2.75) is 46.2 Å². The Kier molecular flexibility index (Phi) is 3.54. The molecule has 0 aromatic carbocycles. The van der Waals surface area contributed by atoms with E-state index >= 15 is 0 Å². The Morgan fingerprint density at radius 1 is 1.47 bits per heavy atom. The van der Waals surface area contributed by atoms with Crippen LogP contribution in [0, 0.1) is 4.77 Å². The van der Waals surface area contributed by atoms with Crippen molar-refractivity contribution in [3.8, 4) is 0 Å². The van der Waals surface area contributed by atoms with Gasteiger partial charge in [0.15, 0.2) is 4.77 Å². The predicted molar refractivity (Wildman–Crippen MR) is 65.9 cm³/mol. The highest BCUT2D eigenvalue weighted by molar-refractivity contribution is 7.71. The summed E-state index contributed by atoms with van der Waals surface area (Å²) in [4.78, 5) is 2.17. The Balaban J connectivity index is 3.11. The fourth-order valence-electron chi connectivity index (χ4n) is 1.36. The fourth-order valence-corrected chi connectivity index (χ4v) is 1.61. The second-order valence-corrected chi connectivity index (χ2v) is 4.68. The van der Waals surface area contributed by atoms with Crippen LogP contribution >= 0.6 is 12.2 Å². The molecule has 0 aliphatic rings. The van der Waals surface area contributed by atoms with Crippen LogP contribution in [-0.2, 0) is 6.54 Å². The molecule has 0 spiro atoms. The SMILES string of the molecule is CCn1c(N(C)C(C)(C)CC)n[nH]c1=S. The standard InChI is InChI=1S/C10H20N4S/c1-6-10(3,4)13(5)8-11-12-9(15)14(8)7-2/h6-7H2,1-5H3,(H,12,15). The van der Waals surface area contributed by atoms with E-state index in [1.54, 1.807) is 0 Å². The molecule has 1 aromatic rings. The van der Waals surface area contributed by atoms with E-state index < -0.39 is 0 Å². The third-order valence-electron chi connectivity index (χ3n) is 3.13. The van der Waals surface area contributed by atoms with Crippen molar-refractivity contribution in [3.63, 3.8) is 0 Å². The maximum atomic E-state index is 5.17. The summed E-state index contributed by atoms with van der Waals surface area (Å²) in [5, 5.41) is 7.11. The molecule has 15 heavy (non-hydrogen) atoms. The summed E-state index contributed by atoms with van der Waals surface area (Å²) in [6.45, 7) is 9.49. The molecule has 0 bridgehead atoms. The lowest BCUT2D eigenvalue weighted by molar-refractivity contribution is 0.456. The highest BCUT2D eigenvalue weighted by atomic mass is 32.1. The summed E-state index contributed by atoms with van der Waals surface area (Å²) < 4.78 is 2.69. The average molecular weight is 228 g/mol. The number of hydrogen-bond acceptors (Lipinski definition) is 3. The zero-order valence-corrected chi connectivity index (χ0v) is 11.0. The van der Waals surface area contributed by atoms with Gasteiger partial charge in [-0.15, -0.1) is 5.10 Å². The normalized spacial score (nSPS) is 11.8. The van der Waals surface area contributed by atoms with Crippen molar-refractivity contribution < 1.29 is 0 Å². The van der Waals surface area contributed by atoms with Crippen LogP contribution in [0.15, 0.2) is 0 Å². The lowest BCUT2D eigenvalue weighted by atomic mass is 10.0. The van der Waals surface area contributed by atoms with Crippen molar-refractivity contribution in [1.82, 2.24) is 14.8 Å². The summed E-state index contributed by atoms with van der Waals surface area (Å²) in [6, 6.07) is 0. The molecule has 0 aliphatic heterocycles. The fraction of sp³-hybridized carbons (Fsp3) is 0.800. The lowest BCUT2D eigenvalue weighted by Crippen LogP contribution is -2.42. The molecule has 0 aliphatic carbocycles. The van der Waals surface area contributed by atoms with Gasteiger partial charge in [-0.2, -0.15) is 0 Å². The topological polar surface area (TPSA) is 36.9 Å². The average Bonchev–Trinajstić information content (AvgIpc) is 2.58. The molecule has 1 heterocycles. The summed E-state index contributed by atoms with van der Waals surface area (Å²) in [7, 11) is 2.06. The summed E-state index contributed by atoms with van der Waals surface area (Å²) in [5.41, 5.74) is 0.0912. The number of anilines is 1. The van der Waals surface area contributed by atoms with Crippen LogP contribution in [0.25, 0.3) is 0 Å². The Hall–Kier alpha value is -0.840. The lowest BCUT2D eigenvalue weighted by Gasteiger charge is -2.35. The second kappa shape index (κ2) is 4.35. The molecule has 0 amide bonds. The summed E-state index contributed by atoms with van der Waals surface area (Å²) in [5.74, 6) is 0.911. The minimum atomic E-state index is 0.0912. The molecule has 0 saturated carbocycles. The number of rotatable bonds is 4. The van der Waals surface area contributed by atoms with E-state index in [1.165, 1.54) is 0 Å². The maximum absolute atomic E-state index is 5.17. The molecule has 0 fully saturated rings. The van der Waals surface area contributed by atoms with Crippen LogP contribution in [0.4, 0.5) is 5.95 Å². The minimum Gasteiger partial charge on any atom is -0.339 e. The van der Waals surface area contributed by atoms with Crippen LogP contribution in [0.3, 0.4) is 0 Å². The van der Waals surface area contributed by atoms with E-state index in [1.807, 2.05) is 4.57 Å². The van der Waals surface area contributed by atoms with Gasteiger partial charge >= 0.3 is 0 Å². The van der Waals surface area contributed by atoms with Crippen LogP contribution < -0.4 is 4.90 Å². The molecule has 1 N–H and O–H groups in total. The quantitative estimate of drug-likeness (QED) is 0.805. The first kappa shape index (κ1) is 12.2. The Morgan fingerprint density at radius 2 is 2.07 bits per heavy atom. The Bertz CT molecular complexity index is 377. The smallest absolute Gasteiger partial charge is 0.225 e. The molecule has 0 unspecified atom stereocenters. The Labute approximate surface area is 96.3 Å². The largest absolute Gasteiger partial charge is 0.339 e. The van der Waals surface area contributed by atoms with Gasteiger partial charge in [-0.25, -0.2) is 5.10 Å². The van der Waals surface area contributed by atoms with Gasteiger partial charge in [-0.3, -0.25) is 4.57 Å². The van der Waals surface area contributed by atoms with Crippen LogP contribution in [0.1, 0.15) is 34.1 Å². The van der Waals surface area contributed by atoms with Crippen molar-refractivity contribution in [2.75, 3.05) is 11.9 Å². The van der Waals surface area contributed by atoms with Crippen molar-refractivity contribution in [2.24, 2.45) is 0 Å². The van der Waals surface area contributed by atoms with Crippen LogP contribution in [0.2, 0.25) is 0 Å². The number of nitrogens with zero attached hydrogens (tertiary/aromatic N) is 3. The Morgan fingerprint density at radius 3 is 2.53 bits per heavy atom. The van der Waals surface area contributed by atoms with Gasteiger partial charge in [0.25, 0.3) is 0 Å². The number of H-pyrrole nitrogens is 1. The van der Waals surface area contributed by atoms with Gasteiger partial charge in [0.05, 0.1) is 0 Å². The molecule has 86 valence electrons. The van der Waals surface area contributed by atoms with Crippen molar-refractivity contribution >= 4 is 18.2 Å². The van der Waals surface area contributed by atoms with E-state index in [9.17, 15) is 0 Å². The summed E-state index contributed by atoms with van der Waals surface area (Å²) in [6.07, 6.45) is 1.06. The molecule has 0 atom stereocenters. The second-order valence-electron chi connectivity index (χ2n) is 4.30. The van der Waals surface area contributed by atoms with E-state index in [0.717, 1.165) is 18.9 Å². The highest BCUT2D eigenvalue weighted by Gasteiger charge is 2.24. The van der Waals surface area contributed by atoms with Crippen molar-refractivity contribution in [1.29, 1.82) is 0 Å². The number of hydrogen-bond donors (Lipinski definition) is 1. The number of aromatic amines is 1. The van der Waals surface area contributed by atoms with Gasteiger partial charge in [0, 0.05) is 19.1 Å². The van der Waals surface area contributed by atoms with E-state index in [-0.39, 0.29) is 5.54 Å². The van der Waals surface area contributed by atoms with Crippen LogP contribution in [-0.4, -0.2) is 27.4 Å². The summed E-state index contributed by atoms with van der Waals surface area (Å²) >= 11 is 5.17. The van der Waals surface area contributed by atoms with Gasteiger partial charge in [0.2, 0.25) is 5.95 Å². The monoisotopic (exact) mass is 228 g/mol. The van der Waals surface area contributed by atoms with Crippen LogP contribution in [0.5, 0.6) is 0 Å². The maximum Gasteiger partial charge on any atom is 0.225 e. The first-order chi connectivity index (χ1) is 6.94. The molecule has 0 saturated heterocycles. The first-order valence-electron chi connectivity index (χ1n) is 5.33. The van der Waals surface area contributed by atoms with Gasteiger partial charge in [-0.1, -0.05) is 6.92 Å². The molecule has 1 rings (SSSR count). The molecule has 5 heteroatoms. The van der Waals surface area contributed by atoms with E-state index in [2.05, 4.69) is 49.8 Å². The third kappa shape index (κ3) is 2.22. The molecule has 4 nitrogen and oxygen atoms in total. The van der Waals surface area contributed by atoms with E-state index in [0.29, 0.717) is 4.77 Å². The zero-order valence-electron chi connectivity index (χ0n) is 10.2. The third-order valence-corrected chi connectivity index (χ3v) is 3.44. The molecular weight excluding hydrogens is 208 g/mol. The van der Waals surface area contributed by atoms with Gasteiger partial charge in [0.1, 0.15) is 0 Å². The number of aromatic nitrogens is 3. The molecule has 1 aromatic heterocycles. The zero-order chi connectivity index (χ0) is 11.6. The van der Waals surface area contributed by atoms with Crippen molar-refractivity contribution in [3.05, 3.63) is 4.77 Å². The minimum absolute atomic E-state index is 0.0912. The van der Waals surface area contributed by atoms with E-state index in [4.69, 9.17) is 12.2 Å². The predicted octanol–water partition coefficient (Wildman–Crippen LogP) is 2.59. The first-order valence-corrected chi connectivity index (χ1v) is 5.74. The molecular formula is C10H20N4S. The van der Waals surface area contributed by atoms with Gasteiger partial charge in [-0.05, 0) is 39.4 Å². The van der Waals surface area contributed by atoms with Gasteiger partial charge < -0.3 is 4.90 Å². The highest BCUT2D eigenvalue weighted by Crippen LogP contribution is 2.22. The molecule has 0 radical (unpaired) electrons. The number of nitrogens with one attached hydrogen (secondary N) is 1.